The Morgan fingerprint density at radius 3 is 2.14 bits per heavy atom. The highest BCUT2D eigenvalue weighted by molar-refractivity contribution is 7.80. The van der Waals surface area contributed by atoms with Crippen LogP contribution in [0.3, 0.4) is 0 Å². The quantitative estimate of drug-likeness (QED) is 0.553. The maximum atomic E-state index is 5.88. The van der Waals surface area contributed by atoms with Crippen LogP contribution in [0.5, 0.6) is 5.75 Å². The smallest absolute Gasteiger partial charge is 0.119 e. The van der Waals surface area contributed by atoms with Crippen molar-refractivity contribution in [1.82, 2.24) is 4.90 Å². The third-order valence-electron chi connectivity index (χ3n) is 5.32. The number of ether oxygens (including phenoxy) is 1. The molecule has 1 aliphatic rings. The zero-order valence-electron chi connectivity index (χ0n) is 16.8. The van der Waals surface area contributed by atoms with Crippen LogP contribution in [0.1, 0.15) is 16.7 Å². The molecule has 0 radical (unpaired) electrons. The van der Waals surface area contributed by atoms with Crippen LogP contribution < -0.4 is 9.64 Å². The van der Waals surface area contributed by atoms with Crippen molar-refractivity contribution >= 4 is 22.9 Å². The van der Waals surface area contributed by atoms with Crippen molar-refractivity contribution in [2.75, 3.05) is 31.1 Å². The molecular weight excluding hydrogens is 376 g/mol. The fourth-order valence-corrected chi connectivity index (χ4v) is 3.86. The lowest BCUT2D eigenvalue weighted by atomic mass is 10.1. The lowest BCUT2D eigenvalue weighted by molar-refractivity contribution is 0.306. The molecule has 1 fully saturated rings. The Kier molecular flexibility index (Phi) is 6.11. The minimum absolute atomic E-state index is 0.575. The lowest BCUT2D eigenvalue weighted by Crippen LogP contribution is -2.48. The number of hydrogen-bond donors (Lipinski definition) is 0. The van der Waals surface area contributed by atoms with Crippen LogP contribution in [-0.4, -0.2) is 36.1 Å². The minimum Gasteiger partial charge on any atom is -0.489 e. The van der Waals surface area contributed by atoms with Crippen molar-refractivity contribution < 1.29 is 4.74 Å². The molecule has 148 valence electrons. The molecule has 0 unspecified atom stereocenters. The maximum absolute atomic E-state index is 5.88. The number of anilines is 1. The van der Waals surface area contributed by atoms with Gasteiger partial charge in [0.25, 0.3) is 0 Å². The first-order valence-electron chi connectivity index (χ1n) is 10.1. The van der Waals surface area contributed by atoms with E-state index in [0.717, 1.165) is 42.5 Å². The summed E-state index contributed by atoms with van der Waals surface area (Å²) >= 11 is 5.76. The molecule has 1 aliphatic heterocycles. The molecule has 0 aliphatic carbocycles. The van der Waals surface area contributed by atoms with E-state index >= 15 is 0 Å². The lowest BCUT2D eigenvalue weighted by Gasteiger charge is -2.37. The molecule has 3 aromatic carbocycles. The average Bonchev–Trinajstić information content (AvgIpc) is 2.79. The summed E-state index contributed by atoms with van der Waals surface area (Å²) in [6.45, 7) is 6.56. The number of aryl methyl sites for hydroxylation is 1. The molecule has 0 N–H and O–H groups in total. The largest absolute Gasteiger partial charge is 0.489 e. The van der Waals surface area contributed by atoms with Gasteiger partial charge in [-0.3, -0.25) is 0 Å². The Labute approximate surface area is 178 Å². The SMILES string of the molecule is Cc1ccc(N2CCN(C(=S)c3ccc(OCc4ccccc4)cc3)CC2)cc1. The number of rotatable bonds is 5. The summed E-state index contributed by atoms with van der Waals surface area (Å²) in [5.41, 5.74) is 4.83. The van der Waals surface area contributed by atoms with E-state index in [-0.39, 0.29) is 0 Å². The maximum Gasteiger partial charge on any atom is 0.119 e. The van der Waals surface area contributed by atoms with Crippen LogP contribution >= 0.6 is 12.2 Å². The van der Waals surface area contributed by atoms with Crippen LogP contribution in [0.25, 0.3) is 0 Å². The molecule has 3 nitrogen and oxygen atoms in total. The van der Waals surface area contributed by atoms with Gasteiger partial charge in [0.1, 0.15) is 17.3 Å². The van der Waals surface area contributed by atoms with E-state index in [2.05, 4.69) is 65.3 Å². The predicted octanol–water partition coefficient (Wildman–Crippen LogP) is 5.07. The number of benzene rings is 3. The highest BCUT2D eigenvalue weighted by Crippen LogP contribution is 2.20. The van der Waals surface area contributed by atoms with Crippen LogP contribution in [0, 0.1) is 6.92 Å². The summed E-state index contributed by atoms with van der Waals surface area (Å²) < 4.78 is 5.88. The second-order valence-corrected chi connectivity index (χ2v) is 7.80. The van der Waals surface area contributed by atoms with Crippen LogP contribution in [0.2, 0.25) is 0 Å². The molecule has 29 heavy (non-hydrogen) atoms. The van der Waals surface area contributed by atoms with Gasteiger partial charge in [-0.2, -0.15) is 0 Å². The summed E-state index contributed by atoms with van der Waals surface area (Å²) in [6.07, 6.45) is 0. The second kappa shape index (κ2) is 9.10. The highest BCUT2D eigenvalue weighted by atomic mass is 32.1. The van der Waals surface area contributed by atoms with E-state index in [4.69, 9.17) is 17.0 Å². The van der Waals surface area contributed by atoms with Gasteiger partial charge in [0.2, 0.25) is 0 Å². The minimum atomic E-state index is 0.575. The molecule has 0 bridgehead atoms. The first-order chi connectivity index (χ1) is 14.2. The molecule has 4 rings (SSSR count). The van der Waals surface area contributed by atoms with E-state index in [0.29, 0.717) is 6.61 Å². The molecule has 0 amide bonds. The number of nitrogens with zero attached hydrogens (tertiary/aromatic N) is 2. The molecule has 3 aromatic rings. The van der Waals surface area contributed by atoms with Gasteiger partial charge in [0.15, 0.2) is 0 Å². The van der Waals surface area contributed by atoms with Crippen molar-refractivity contribution in [2.24, 2.45) is 0 Å². The van der Waals surface area contributed by atoms with Gasteiger partial charge in [-0.25, -0.2) is 0 Å². The number of thiocarbonyl (C=S) groups is 1. The Morgan fingerprint density at radius 2 is 1.48 bits per heavy atom. The molecule has 0 spiro atoms. The highest BCUT2D eigenvalue weighted by Gasteiger charge is 2.20. The Morgan fingerprint density at radius 1 is 0.828 bits per heavy atom. The first-order valence-corrected chi connectivity index (χ1v) is 10.5. The van der Waals surface area contributed by atoms with Crippen LogP contribution in [0.15, 0.2) is 78.9 Å². The van der Waals surface area contributed by atoms with Crippen LogP contribution in [0.4, 0.5) is 5.69 Å². The Balaban J connectivity index is 1.31. The van der Waals surface area contributed by atoms with Crippen molar-refractivity contribution in [3.05, 3.63) is 95.6 Å². The summed E-state index contributed by atoms with van der Waals surface area (Å²) in [5, 5.41) is 0. The third-order valence-corrected chi connectivity index (χ3v) is 5.81. The topological polar surface area (TPSA) is 15.7 Å². The molecule has 1 heterocycles. The average molecular weight is 403 g/mol. The van der Waals surface area contributed by atoms with Gasteiger partial charge in [-0.1, -0.05) is 60.2 Å². The standard InChI is InChI=1S/C25H26N2OS/c1-20-7-11-23(12-8-20)26-15-17-27(18-16-26)25(29)22-9-13-24(14-10-22)28-19-21-5-3-2-4-6-21/h2-14H,15-19H2,1H3. The summed E-state index contributed by atoms with van der Waals surface area (Å²) in [4.78, 5) is 5.65. The molecular formula is C25H26N2OS. The third kappa shape index (κ3) is 4.96. The Hall–Kier alpha value is -2.85. The second-order valence-electron chi connectivity index (χ2n) is 7.41. The summed E-state index contributed by atoms with van der Waals surface area (Å²) in [5.74, 6) is 0.865. The van der Waals surface area contributed by atoms with E-state index in [9.17, 15) is 0 Å². The van der Waals surface area contributed by atoms with Crippen molar-refractivity contribution in [3.63, 3.8) is 0 Å². The van der Waals surface area contributed by atoms with Gasteiger partial charge < -0.3 is 14.5 Å². The fraction of sp³-hybridized carbons (Fsp3) is 0.240. The molecule has 4 heteroatoms. The zero-order valence-corrected chi connectivity index (χ0v) is 17.6. The predicted molar refractivity (Wildman–Crippen MR) is 124 cm³/mol. The molecule has 1 saturated heterocycles. The zero-order chi connectivity index (χ0) is 20.1. The Bertz CT molecular complexity index is 931. The van der Waals surface area contributed by atoms with Gasteiger partial charge in [0, 0.05) is 37.4 Å². The van der Waals surface area contributed by atoms with Crippen molar-refractivity contribution in [1.29, 1.82) is 0 Å². The summed E-state index contributed by atoms with van der Waals surface area (Å²) in [6, 6.07) is 27.1. The van der Waals surface area contributed by atoms with E-state index < -0.39 is 0 Å². The van der Waals surface area contributed by atoms with Crippen molar-refractivity contribution in [3.8, 4) is 5.75 Å². The number of hydrogen-bond acceptors (Lipinski definition) is 3. The fourth-order valence-electron chi connectivity index (χ4n) is 3.54. The van der Waals surface area contributed by atoms with Crippen molar-refractivity contribution in [2.45, 2.75) is 13.5 Å². The first kappa shape index (κ1) is 19.5. The van der Waals surface area contributed by atoms with Gasteiger partial charge in [-0.05, 0) is 48.9 Å². The monoisotopic (exact) mass is 402 g/mol. The molecule has 0 saturated carbocycles. The van der Waals surface area contributed by atoms with Gasteiger partial charge in [0.05, 0.1) is 0 Å². The van der Waals surface area contributed by atoms with Gasteiger partial charge in [-0.15, -0.1) is 0 Å². The number of piperazine rings is 1. The van der Waals surface area contributed by atoms with E-state index in [1.807, 2.05) is 30.3 Å². The normalized spacial score (nSPS) is 14.0. The summed E-state index contributed by atoms with van der Waals surface area (Å²) in [7, 11) is 0. The molecule has 0 aromatic heterocycles. The van der Waals surface area contributed by atoms with E-state index in [1.54, 1.807) is 0 Å². The van der Waals surface area contributed by atoms with Crippen LogP contribution in [-0.2, 0) is 6.61 Å². The van der Waals surface area contributed by atoms with E-state index in [1.165, 1.54) is 16.8 Å². The van der Waals surface area contributed by atoms with Gasteiger partial charge >= 0.3 is 0 Å². The molecule has 0 atom stereocenters.